The summed E-state index contributed by atoms with van der Waals surface area (Å²) in [5, 5.41) is 0. The molecule has 3 nitrogen and oxygen atoms in total. The molecule has 0 heterocycles. The van der Waals surface area contributed by atoms with Gasteiger partial charge in [0.05, 0.1) is 4.47 Å². The van der Waals surface area contributed by atoms with Gasteiger partial charge in [0.15, 0.2) is 0 Å². The number of para-hydroxylation sites is 1. The second-order valence-electron chi connectivity index (χ2n) is 3.88. The van der Waals surface area contributed by atoms with Crippen LogP contribution in [0, 0.1) is 6.92 Å². The summed E-state index contributed by atoms with van der Waals surface area (Å²) in [5.74, 6) is 0.991. The third-order valence-electron chi connectivity index (χ3n) is 2.52. The van der Waals surface area contributed by atoms with Gasteiger partial charge in [-0.25, -0.2) is 0 Å². The average Bonchev–Trinajstić information content (AvgIpc) is 2.34. The predicted octanol–water partition coefficient (Wildman–Crippen LogP) is 3.65. The Morgan fingerprint density at radius 3 is 2.50 bits per heavy atom. The van der Waals surface area contributed by atoms with Gasteiger partial charge in [0.25, 0.3) is 0 Å². The number of carbonyl (C=O) groups is 1. The van der Waals surface area contributed by atoms with Gasteiger partial charge in [-0.1, -0.05) is 12.1 Å². The Bertz CT molecular complexity index is 596. The number of aryl methyl sites for hydroxylation is 1. The molecule has 0 aliphatic carbocycles. The Kier molecular flexibility index (Phi) is 3.67. The number of halogens is 1. The molecule has 2 rings (SSSR count). The highest BCUT2D eigenvalue weighted by atomic mass is 79.9. The van der Waals surface area contributed by atoms with E-state index in [-0.39, 0.29) is 0 Å². The van der Waals surface area contributed by atoms with Gasteiger partial charge < -0.3 is 10.5 Å². The summed E-state index contributed by atoms with van der Waals surface area (Å²) >= 11 is 3.42. The van der Waals surface area contributed by atoms with Crippen molar-refractivity contribution in [3.05, 3.63) is 58.1 Å². The van der Waals surface area contributed by atoms with E-state index in [4.69, 9.17) is 10.5 Å². The number of hydrogen-bond donors (Lipinski definition) is 1. The minimum Gasteiger partial charge on any atom is -0.456 e. The van der Waals surface area contributed by atoms with Crippen molar-refractivity contribution in [1.82, 2.24) is 0 Å². The number of nitrogens with two attached hydrogens (primary N) is 1. The van der Waals surface area contributed by atoms with Crippen molar-refractivity contribution >= 4 is 21.8 Å². The van der Waals surface area contributed by atoms with Crippen LogP contribution >= 0.6 is 15.9 Å². The molecule has 0 aliphatic rings. The van der Waals surface area contributed by atoms with Crippen LogP contribution in [0.15, 0.2) is 46.9 Å². The molecule has 0 fully saturated rings. The molecule has 18 heavy (non-hydrogen) atoms. The van der Waals surface area contributed by atoms with Crippen molar-refractivity contribution < 1.29 is 9.53 Å². The first kappa shape index (κ1) is 12.6. The summed E-state index contributed by atoms with van der Waals surface area (Å²) in [4.78, 5) is 11.1. The first-order valence-corrected chi connectivity index (χ1v) is 6.20. The predicted molar refractivity (Wildman–Crippen MR) is 73.9 cm³/mol. The Hall–Kier alpha value is -1.81. The topological polar surface area (TPSA) is 52.3 Å². The number of rotatable bonds is 3. The lowest BCUT2D eigenvalue weighted by molar-refractivity contribution is 0.1000. The summed E-state index contributed by atoms with van der Waals surface area (Å²) in [5.41, 5.74) is 6.56. The Morgan fingerprint density at radius 2 is 1.89 bits per heavy atom. The number of carbonyl (C=O) groups excluding carboxylic acids is 1. The van der Waals surface area contributed by atoms with E-state index in [1.165, 1.54) is 0 Å². The van der Waals surface area contributed by atoms with Crippen molar-refractivity contribution in [3.8, 4) is 11.5 Å². The van der Waals surface area contributed by atoms with E-state index < -0.39 is 5.91 Å². The summed E-state index contributed by atoms with van der Waals surface area (Å²) < 4.78 is 6.65. The lowest BCUT2D eigenvalue weighted by Crippen LogP contribution is -2.10. The van der Waals surface area contributed by atoms with Gasteiger partial charge in [0.1, 0.15) is 11.5 Å². The van der Waals surface area contributed by atoms with Crippen LogP contribution in [-0.2, 0) is 0 Å². The first-order chi connectivity index (χ1) is 8.58. The van der Waals surface area contributed by atoms with Crippen LogP contribution < -0.4 is 10.5 Å². The molecule has 0 bridgehead atoms. The van der Waals surface area contributed by atoms with Crippen LogP contribution in [-0.4, -0.2) is 5.91 Å². The smallest absolute Gasteiger partial charge is 0.248 e. The van der Waals surface area contributed by atoms with Gasteiger partial charge in [0.2, 0.25) is 5.91 Å². The van der Waals surface area contributed by atoms with Crippen LogP contribution in [0.5, 0.6) is 11.5 Å². The maximum absolute atomic E-state index is 11.1. The molecule has 0 saturated heterocycles. The maximum atomic E-state index is 11.1. The van der Waals surface area contributed by atoms with Crippen molar-refractivity contribution in [2.45, 2.75) is 6.92 Å². The molecule has 0 atom stereocenters. The number of primary amides is 1. The van der Waals surface area contributed by atoms with Gasteiger partial charge in [0, 0.05) is 5.56 Å². The lowest BCUT2D eigenvalue weighted by Gasteiger charge is -2.10. The number of ether oxygens (including phenoxy) is 1. The minimum atomic E-state index is -0.439. The maximum Gasteiger partial charge on any atom is 0.248 e. The van der Waals surface area contributed by atoms with E-state index >= 15 is 0 Å². The minimum absolute atomic E-state index is 0.439. The van der Waals surface area contributed by atoms with Crippen molar-refractivity contribution in [2.24, 2.45) is 5.73 Å². The molecular formula is C14H12BrNO2. The van der Waals surface area contributed by atoms with Crippen LogP contribution in [0.3, 0.4) is 0 Å². The first-order valence-electron chi connectivity index (χ1n) is 5.41. The fraction of sp³-hybridized carbons (Fsp3) is 0.0714. The summed E-state index contributed by atoms with van der Waals surface area (Å²) in [7, 11) is 0. The largest absolute Gasteiger partial charge is 0.456 e. The highest BCUT2D eigenvalue weighted by Crippen LogP contribution is 2.31. The zero-order valence-electron chi connectivity index (χ0n) is 9.81. The molecule has 4 heteroatoms. The van der Waals surface area contributed by atoms with E-state index in [0.29, 0.717) is 11.3 Å². The molecule has 92 valence electrons. The highest BCUT2D eigenvalue weighted by Gasteiger charge is 2.07. The SMILES string of the molecule is Cc1cc(C(N)=O)ccc1Oc1ccccc1Br. The number of amides is 1. The third-order valence-corrected chi connectivity index (χ3v) is 3.17. The van der Waals surface area contributed by atoms with Gasteiger partial charge in [-0.2, -0.15) is 0 Å². The molecule has 1 amide bonds. The molecule has 0 aromatic heterocycles. The molecule has 0 aliphatic heterocycles. The fourth-order valence-electron chi connectivity index (χ4n) is 1.56. The van der Waals surface area contributed by atoms with E-state index in [2.05, 4.69) is 15.9 Å². The van der Waals surface area contributed by atoms with Crippen molar-refractivity contribution in [3.63, 3.8) is 0 Å². The molecule has 0 spiro atoms. The molecule has 0 saturated carbocycles. The van der Waals surface area contributed by atoms with Crippen LogP contribution in [0.1, 0.15) is 15.9 Å². The zero-order valence-corrected chi connectivity index (χ0v) is 11.4. The molecule has 2 aromatic rings. The number of benzene rings is 2. The van der Waals surface area contributed by atoms with E-state index in [1.54, 1.807) is 18.2 Å². The Morgan fingerprint density at radius 1 is 1.17 bits per heavy atom. The summed E-state index contributed by atoms with van der Waals surface area (Å²) in [6.45, 7) is 1.87. The molecular weight excluding hydrogens is 294 g/mol. The fourth-order valence-corrected chi connectivity index (χ4v) is 1.93. The number of hydrogen-bond acceptors (Lipinski definition) is 2. The summed E-state index contributed by atoms with van der Waals surface area (Å²) in [6, 6.07) is 12.7. The van der Waals surface area contributed by atoms with Gasteiger partial charge >= 0.3 is 0 Å². The van der Waals surface area contributed by atoms with Crippen molar-refractivity contribution in [1.29, 1.82) is 0 Å². The third kappa shape index (κ3) is 2.71. The van der Waals surface area contributed by atoms with Crippen LogP contribution in [0.2, 0.25) is 0 Å². The zero-order chi connectivity index (χ0) is 13.1. The van der Waals surface area contributed by atoms with E-state index in [9.17, 15) is 4.79 Å². The van der Waals surface area contributed by atoms with Gasteiger partial charge in [-0.3, -0.25) is 4.79 Å². The standard InChI is InChI=1S/C14H12BrNO2/c1-9-8-10(14(16)17)6-7-12(9)18-13-5-3-2-4-11(13)15/h2-8H,1H3,(H2,16,17). The van der Waals surface area contributed by atoms with Gasteiger partial charge in [-0.15, -0.1) is 0 Å². The van der Waals surface area contributed by atoms with Crippen LogP contribution in [0.4, 0.5) is 0 Å². The second-order valence-corrected chi connectivity index (χ2v) is 4.73. The highest BCUT2D eigenvalue weighted by molar-refractivity contribution is 9.10. The molecule has 0 unspecified atom stereocenters. The van der Waals surface area contributed by atoms with Gasteiger partial charge in [-0.05, 0) is 58.7 Å². The molecule has 2 N–H and O–H groups in total. The van der Waals surface area contributed by atoms with E-state index in [0.717, 1.165) is 15.8 Å². The monoisotopic (exact) mass is 305 g/mol. The molecule has 2 aromatic carbocycles. The van der Waals surface area contributed by atoms with E-state index in [1.807, 2.05) is 31.2 Å². The average molecular weight is 306 g/mol. The molecule has 0 radical (unpaired) electrons. The summed E-state index contributed by atoms with van der Waals surface area (Å²) in [6.07, 6.45) is 0. The Balaban J connectivity index is 2.30. The van der Waals surface area contributed by atoms with Crippen LogP contribution in [0.25, 0.3) is 0 Å². The second kappa shape index (κ2) is 5.23. The Labute approximate surface area is 114 Å². The quantitative estimate of drug-likeness (QED) is 0.941. The van der Waals surface area contributed by atoms with Crippen molar-refractivity contribution in [2.75, 3.05) is 0 Å². The normalized spacial score (nSPS) is 10.1. The lowest BCUT2D eigenvalue weighted by atomic mass is 10.1.